The standard InChI is InChI=1S/C10H12N2O/c1-3-4-8-5-7(2)12-10(13)9(8)6-11/h5,9H,3-4H2,1-2H3/t9-/m1/s1. The molecule has 68 valence electrons. The average molecular weight is 176 g/mol. The number of nitriles is 1. The number of hydrogen-bond donors (Lipinski definition) is 0. The molecule has 0 spiro atoms. The number of carbonyl (C=O) groups is 1. The molecule has 0 unspecified atom stereocenters. The molecular formula is C10H12N2O. The maximum Gasteiger partial charge on any atom is 0.267 e. The first kappa shape index (κ1) is 9.66. The quantitative estimate of drug-likeness (QED) is 0.644. The maximum absolute atomic E-state index is 11.3. The van der Waals surface area contributed by atoms with Gasteiger partial charge in [-0.3, -0.25) is 4.79 Å². The fraction of sp³-hybridized carbons (Fsp3) is 0.500. The van der Waals surface area contributed by atoms with Crippen LogP contribution in [0.3, 0.4) is 0 Å². The van der Waals surface area contributed by atoms with Gasteiger partial charge in [0, 0.05) is 5.71 Å². The van der Waals surface area contributed by atoms with Crippen molar-refractivity contribution in [3.63, 3.8) is 0 Å². The summed E-state index contributed by atoms with van der Waals surface area (Å²) in [5.41, 5.74) is 1.61. The average Bonchev–Trinajstić information content (AvgIpc) is 2.04. The van der Waals surface area contributed by atoms with Gasteiger partial charge in [0.15, 0.2) is 0 Å². The lowest BCUT2D eigenvalue weighted by molar-refractivity contribution is -0.119. The van der Waals surface area contributed by atoms with Crippen LogP contribution in [0.25, 0.3) is 0 Å². The highest BCUT2D eigenvalue weighted by Crippen LogP contribution is 2.21. The third kappa shape index (κ3) is 2.03. The smallest absolute Gasteiger partial charge is 0.267 e. The van der Waals surface area contributed by atoms with E-state index in [2.05, 4.69) is 4.99 Å². The van der Waals surface area contributed by atoms with E-state index < -0.39 is 5.92 Å². The molecule has 0 aromatic carbocycles. The second kappa shape index (κ2) is 3.99. The van der Waals surface area contributed by atoms with Crippen LogP contribution in [0.15, 0.2) is 16.6 Å². The Bertz CT molecular complexity index is 320. The van der Waals surface area contributed by atoms with Gasteiger partial charge in [-0.1, -0.05) is 13.3 Å². The molecule has 1 amide bonds. The van der Waals surface area contributed by atoms with Gasteiger partial charge in [-0.25, -0.2) is 4.99 Å². The molecule has 0 fully saturated rings. The minimum absolute atomic E-state index is 0.314. The van der Waals surface area contributed by atoms with Crippen LogP contribution in [-0.2, 0) is 4.79 Å². The highest BCUT2D eigenvalue weighted by atomic mass is 16.1. The number of nitrogens with zero attached hydrogens (tertiary/aromatic N) is 2. The Hall–Kier alpha value is -1.43. The zero-order valence-corrected chi connectivity index (χ0v) is 7.87. The van der Waals surface area contributed by atoms with Crippen LogP contribution in [0.4, 0.5) is 0 Å². The Morgan fingerprint density at radius 2 is 2.38 bits per heavy atom. The summed E-state index contributed by atoms with van der Waals surface area (Å²) in [4.78, 5) is 15.0. The first-order valence-electron chi connectivity index (χ1n) is 4.38. The number of hydrogen-bond acceptors (Lipinski definition) is 2. The molecule has 0 aromatic heterocycles. The predicted octanol–water partition coefficient (Wildman–Crippen LogP) is 1.85. The van der Waals surface area contributed by atoms with Gasteiger partial charge in [0.1, 0.15) is 5.92 Å². The zero-order valence-electron chi connectivity index (χ0n) is 7.87. The number of aliphatic imine (C=N–C) groups is 1. The molecular weight excluding hydrogens is 164 g/mol. The minimum Gasteiger partial charge on any atom is -0.271 e. The Morgan fingerprint density at radius 3 is 2.92 bits per heavy atom. The number of dihydropyridines is 1. The van der Waals surface area contributed by atoms with Crippen molar-refractivity contribution in [2.45, 2.75) is 26.7 Å². The molecule has 0 saturated carbocycles. The summed E-state index contributed by atoms with van der Waals surface area (Å²) in [5, 5.41) is 8.76. The number of amides is 1. The van der Waals surface area contributed by atoms with E-state index in [9.17, 15) is 4.79 Å². The molecule has 0 aromatic rings. The summed E-state index contributed by atoms with van der Waals surface area (Å²) < 4.78 is 0. The molecule has 0 N–H and O–H groups in total. The third-order valence-corrected chi connectivity index (χ3v) is 1.97. The summed E-state index contributed by atoms with van der Waals surface area (Å²) >= 11 is 0. The first-order valence-corrected chi connectivity index (χ1v) is 4.38. The van der Waals surface area contributed by atoms with E-state index in [1.165, 1.54) is 0 Å². The molecule has 13 heavy (non-hydrogen) atoms. The Morgan fingerprint density at radius 1 is 1.69 bits per heavy atom. The molecule has 1 atom stereocenters. The van der Waals surface area contributed by atoms with E-state index in [0.29, 0.717) is 5.71 Å². The summed E-state index contributed by atoms with van der Waals surface area (Å²) in [5.74, 6) is -0.949. The van der Waals surface area contributed by atoms with Crippen LogP contribution in [0.1, 0.15) is 26.7 Å². The molecule has 1 heterocycles. The van der Waals surface area contributed by atoms with Gasteiger partial charge in [-0.15, -0.1) is 0 Å². The molecule has 1 aliphatic heterocycles. The van der Waals surface area contributed by atoms with E-state index >= 15 is 0 Å². The first-order chi connectivity index (χ1) is 6.19. The predicted molar refractivity (Wildman–Crippen MR) is 50.2 cm³/mol. The van der Waals surface area contributed by atoms with E-state index in [1.54, 1.807) is 6.92 Å². The molecule has 0 radical (unpaired) electrons. The van der Waals surface area contributed by atoms with Crippen LogP contribution in [-0.4, -0.2) is 11.6 Å². The third-order valence-electron chi connectivity index (χ3n) is 1.97. The molecule has 0 aliphatic carbocycles. The number of rotatable bonds is 2. The van der Waals surface area contributed by atoms with E-state index in [1.807, 2.05) is 19.1 Å². The highest BCUT2D eigenvalue weighted by Gasteiger charge is 2.24. The number of carbonyl (C=O) groups excluding carboxylic acids is 1. The van der Waals surface area contributed by atoms with E-state index in [-0.39, 0.29) is 5.91 Å². The van der Waals surface area contributed by atoms with Crippen molar-refractivity contribution in [3.8, 4) is 6.07 Å². The summed E-state index contributed by atoms with van der Waals surface area (Å²) in [6, 6.07) is 1.98. The zero-order chi connectivity index (χ0) is 9.84. The van der Waals surface area contributed by atoms with Crippen LogP contribution < -0.4 is 0 Å². The highest BCUT2D eigenvalue weighted by molar-refractivity contribution is 6.06. The van der Waals surface area contributed by atoms with Gasteiger partial charge in [0.25, 0.3) is 5.91 Å². The topological polar surface area (TPSA) is 53.2 Å². The van der Waals surface area contributed by atoms with Gasteiger partial charge in [-0.05, 0) is 25.0 Å². The normalized spacial score (nSPS) is 21.9. The molecule has 0 saturated heterocycles. The van der Waals surface area contributed by atoms with Crippen LogP contribution >= 0.6 is 0 Å². The fourth-order valence-corrected chi connectivity index (χ4v) is 1.42. The van der Waals surface area contributed by atoms with Crippen molar-refractivity contribution < 1.29 is 4.79 Å². The molecule has 1 aliphatic rings. The lowest BCUT2D eigenvalue weighted by Crippen LogP contribution is -2.19. The van der Waals surface area contributed by atoms with Gasteiger partial charge in [-0.2, -0.15) is 5.26 Å². The number of allylic oxidation sites excluding steroid dienone is 1. The lowest BCUT2D eigenvalue weighted by Gasteiger charge is -2.14. The Balaban J connectivity index is 2.94. The van der Waals surface area contributed by atoms with Crippen LogP contribution in [0, 0.1) is 17.2 Å². The van der Waals surface area contributed by atoms with Crippen molar-refractivity contribution in [3.05, 3.63) is 11.6 Å². The van der Waals surface area contributed by atoms with Crippen molar-refractivity contribution in [1.82, 2.24) is 0 Å². The lowest BCUT2D eigenvalue weighted by atomic mass is 9.92. The molecule has 0 bridgehead atoms. The van der Waals surface area contributed by atoms with E-state index in [0.717, 1.165) is 18.4 Å². The largest absolute Gasteiger partial charge is 0.271 e. The fourth-order valence-electron chi connectivity index (χ4n) is 1.42. The minimum atomic E-state index is -0.636. The van der Waals surface area contributed by atoms with Crippen LogP contribution in [0.2, 0.25) is 0 Å². The van der Waals surface area contributed by atoms with E-state index in [4.69, 9.17) is 5.26 Å². The van der Waals surface area contributed by atoms with Gasteiger partial charge >= 0.3 is 0 Å². The van der Waals surface area contributed by atoms with Crippen molar-refractivity contribution in [1.29, 1.82) is 5.26 Å². The maximum atomic E-state index is 11.3. The summed E-state index contributed by atoms with van der Waals surface area (Å²) in [7, 11) is 0. The van der Waals surface area contributed by atoms with Gasteiger partial charge in [0.05, 0.1) is 6.07 Å². The molecule has 3 heteroatoms. The summed E-state index contributed by atoms with van der Waals surface area (Å²) in [6.07, 6.45) is 3.60. The van der Waals surface area contributed by atoms with Crippen molar-refractivity contribution in [2.75, 3.05) is 0 Å². The Kier molecular flexibility index (Phi) is 2.97. The summed E-state index contributed by atoms with van der Waals surface area (Å²) in [6.45, 7) is 3.81. The van der Waals surface area contributed by atoms with Crippen molar-refractivity contribution >= 4 is 11.6 Å². The second-order valence-electron chi connectivity index (χ2n) is 3.12. The molecule has 3 nitrogen and oxygen atoms in total. The van der Waals surface area contributed by atoms with Gasteiger partial charge < -0.3 is 0 Å². The SMILES string of the molecule is CCCC1=CC(C)=NC(=O)[C@@H]1C#N. The molecule has 1 rings (SSSR count). The Labute approximate surface area is 77.8 Å². The van der Waals surface area contributed by atoms with Crippen molar-refractivity contribution in [2.24, 2.45) is 10.9 Å². The monoisotopic (exact) mass is 176 g/mol. The van der Waals surface area contributed by atoms with Crippen LogP contribution in [0.5, 0.6) is 0 Å². The second-order valence-corrected chi connectivity index (χ2v) is 3.12. The van der Waals surface area contributed by atoms with Gasteiger partial charge in [0.2, 0.25) is 0 Å².